The minimum Gasteiger partial charge on any atom is -0.444 e. The SMILES string of the molecule is CC(NC1CCNCC1)c1ccc(NC(=O)OC(C)(C)C)cc1. The van der Waals surface area contributed by atoms with Crippen LogP contribution in [-0.4, -0.2) is 30.8 Å². The third-order valence-electron chi connectivity index (χ3n) is 3.88. The quantitative estimate of drug-likeness (QED) is 0.795. The first-order valence-corrected chi connectivity index (χ1v) is 8.40. The van der Waals surface area contributed by atoms with Crippen LogP contribution in [0.3, 0.4) is 0 Å². The number of anilines is 1. The van der Waals surface area contributed by atoms with Crippen LogP contribution in [-0.2, 0) is 4.74 Å². The van der Waals surface area contributed by atoms with E-state index in [0.717, 1.165) is 18.8 Å². The maximum atomic E-state index is 11.8. The van der Waals surface area contributed by atoms with Gasteiger partial charge in [0.05, 0.1) is 0 Å². The fourth-order valence-corrected chi connectivity index (χ4v) is 2.71. The number of carbonyl (C=O) groups excluding carboxylic acids is 1. The van der Waals surface area contributed by atoms with Crippen molar-refractivity contribution in [3.8, 4) is 0 Å². The molecule has 1 unspecified atom stereocenters. The van der Waals surface area contributed by atoms with Crippen LogP contribution in [0.5, 0.6) is 0 Å². The zero-order valence-electron chi connectivity index (χ0n) is 14.6. The largest absolute Gasteiger partial charge is 0.444 e. The summed E-state index contributed by atoms with van der Waals surface area (Å²) in [5, 5.41) is 9.81. The number of amides is 1. The molecule has 5 heteroatoms. The lowest BCUT2D eigenvalue weighted by atomic mass is 10.0. The molecule has 1 atom stereocenters. The van der Waals surface area contributed by atoms with E-state index in [2.05, 4.69) is 22.9 Å². The molecule has 23 heavy (non-hydrogen) atoms. The molecule has 1 aromatic rings. The van der Waals surface area contributed by atoms with Crippen LogP contribution in [0.4, 0.5) is 10.5 Å². The molecule has 1 saturated heterocycles. The zero-order chi connectivity index (χ0) is 16.9. The standard InChI is InChI=1S/C18H29N3O2/c1-13(20-16-9-11-19-12-10-16)14-5-7-15(8-6-14)21-17(22)23-18(2,3)4/h5-8,13,16,19-20H,9-12H2,1-4H3,(H,21,22). The van der Waals surface area contributed by atoms with Gasteiger partial charge >= 0.3 is 6.09 Å². The maximum Gasteiger partial charge on any atom is 0.412 e. The van der Waals surface area contributed by atoms with E-state index in [1.807, 2.05) is 45.0 Å². The van der Waals surface area contributed by atoms with Crippen molar-refractivity contribution in [2.75, 3.05) is 18.4 Å². The Balaban J connectivity index is 1.87. The van der Waals surface area contributed by atoms with Gasteiger partial charge in [-0.3, -0.25) is 5.32 Å². The third kappa shape index (κ3) is 6.20. The highest BCUT2D eigenvalue weighted by Crippen LogP contribution is 2.19. The van der Waals surface area contributed by atoms with Crippen LogP contribution >= 0.6 is 0 Å². The predicted molar refractivity (Wildman–Crippen MR) is 93.7 cm³/mol. The molecule has 3 N–H and O–H groups in total. The van der Waals surface area contributed by atoms with Crippen LogP contribution in [0.1, 0.15) is 52.1 Å². The van der Waals surface area contributed by atoms with Crippen molar-refractivity contribution in [2.45, 2.75) is 58.2 Å². The zero-order valence-corrected chi connectivity index (χ0v) is 14.6. The molecule has 2 rings (SSSR count). The summed E-state index contributed by atoms with van der Waals surface area (Å²) >= 11 is 0. The fraction of sp³-hybridized carbons (Fsp3) is 0.611. The van der Waals surface area contributed by atoms with Crippen molar-refractivity contribution in [1.29, 1.82) is 0 Å². The van der Waals surface area contributed by atoms with Crippen LogP contribution in [0, 0.1) is 0 Å². The van der Waals surface area contributed by atoms with Gasteiger partial charge in [-0.05, 0) is 71.3 Å². The Kier molecular flexibility index (Phi) is 6.02. The highest BCUT2D eigenvalue weighted by Gasteiger charge is 2.17. The molecule has 0 radical (unpaired) electrons. The Bertz CT molecular complexity index is 502. The van der Waals surface area contributed by atoms with Gasteiger partial charge in [0.15, 0.2) is 0 Å². The average Bonchev–Trinajstić information content (AvgIpc) is 2.47. The smallest absolute Gasteiger partial charge is 0.412 e. The summed E-state index contributed by atoms with van der Waals surface area (Å²) in [5.41, 5.74) is 1.48. The van der Waals surface area contributed by atoms with Gasteiger partial charge in [-0.2, -0.15) is 0 Å². The molecular weight excluding hydrogens is 290 g/mol. The van der Waals surface area contributed by atoms with Gasteiger partial charge < -0.3 is 15.4 Å². The van der Waals surface area contributed by atoms with Gasteiger partial charge in [-0.15, -0.1) is 0 Å². The lowest BCUT2D eigenvalue weighted by Crippen LogP contribution is -2.40. The molecular formula is C18H29N3O2. The fourth-order valence-electron chi connectivity index (χ4n) is 2.71. The van der Waals surface area contributed by atoms with Gasteiger partial charge in [0.2, 0.25) is 0 Å². The number of nitrogens with one attached hydrogen (secondary N) is 3. The second-order valence-corrected chi connectivity index (χ2v) is 7.16. The molecule has 0 saturated carbocycles. The highest BCUT2D eigenvalue weighted by molar-refractivity contribution is 5.84. The molecule has 0 aliphatic carbocycles. The van der Waals surface area contributed by atoms with E-state index in [1.54, 1.807) is 0 Å². The molecule has 128 valence electrons. The first-order valence-electron chi connectivity index (χ1n) is 8.40. The number of hydrogen-bond donors (Lipinski definition) is 3. The number of benzene rings is 1. The topological polar surface area (TPSA) is 62.4 Å². The number of carbonyl (C=O) groups is 1. The van der Waals surface area contributed by atoms with Crippen molar-refractivity contribution in [3.05, 3.63) is 29.8 Å². The minimum absolute atomic E-state index is 0.300. The summed E-state index contributed by atoms with van der Waals surface area (Å²) in [7, 11) is 0. The number of ether oxygens (including phenoxy) is 1. The van der Waals surface area contributed by atoms with Crippen molar-refractivity contribution < 1.29 is 9.53 Å². The Labute approximate surface area is 139 Å². The molecule has 1 aliphatic heterocycles. The Hall–Kier alpha value is -1.59. The molecule has 0 aromatic heterocycles. The number of hydrogen-bond acceptors (Lipinski definition) is 4. The molecule has 1 heterocycles. The Morgan fingerprint density at radius 1 is 1.22 bits per heavy atom. The van der Waals surface area contributed by atoms with Gasteiger partial charge in [-0.1, -0.05) is 12.1 Å². The summed E-state index contributed by atoms with van der Waals surface area (Å²) in [4.78, 5) is 11.8. The van der Waals surface area contributed by atoms with Crippen molar-refractivity contribution >= 4 is 11.8 Å². The summed E-state index contributed by atoms with van der Waals surface area (Å²) in [6.45, 7) is 9.90. The van der Waals surface area contributed by atoms with Gasteiger partial charge in [0.1, 0.15) is 5.60 Å². The second-order valence-electron chi connectivity index (χ2n) is 7.16. The van der Waals surface area contributed by atoms with Crippen LogP contribution in [0.2, 0.25) is 0 Å². The van der Waals surface area contributed by atoms with Crippen LogP contribution < -0.4 is 16.0 Å². The monoisotopic (exact) mass is 319 g/mol. The lowest BCUT2D eigenvalue weighted by molar-refractivity contribution is 0.0636. The Morgan fingerprint density at radius 2 is 1.83 bits per heavy atom. The first kappa shape index (κ1) is 17.8. The summed E-state index contributed by atoms with van der Waals surface area (Å²) in [6, 6.07) is 8.80. The van der Waals surface area contributed by atoms with Crippen molar-refractivity contribution in [1.82, 2.24) is 10.6 Å². The van der Waals surface area contributed by atoms with Crippen LogP contribution in [0.15, 0.2) is 24.3 Å². The van der Waals surface area contributed by atoms with Crippen LogP contribution in [0.25, 0.3) is 0 Å². The molecule has 1 fully saturated rings. The normalized spacial score (nSPS) is 17.6. The van der Waals surface area contributed by atoms with Crippen molar-refractivity contribution in [2.24, 2.45) is 0 Å². The highest BCUT2D eigenvalue weighted by atomic mass is 16.6. The Morgan fingerprint density at radius 3 is 2.39 bits per heavy atom. The first-order chi connectivity index (χ1) is 10.8. The van der Waals surface area contributed by atoms with E-state index in [-0.39, 0.29) is 0 Å². The molecule has 0 spiro atoms. The molecule has 5 nitrogen and oxygen atoms in total. The minimum atomic E-state index is -0.489. The van der Waals surface area contributed by atoms with E-state index < -0.39 is 11.7 Å². The number of piperidine rings is 1. The molecule has 0 bridgehead atoms. The van der Waals surface area contributed by atoms with E-state index >= 15 is 0 Å². The van der Waals surface area contributed by atoms with Crippen molar-refractivity contribution in [3.63, 3.8) is 0 Å². The van der Waals surface area contributed by atoms with E-state index in [9.17, 15) is 4.79 Å². The molecule has 1 aromatic carbocycles. The van der Waals surface area contributed by atoms with E-state index in [4.69, 9.17) is 4.74 Å². The third-order valence-corrected chi connectivity index (χ3v) is 3.88. The van der Waals surface area contributed by atoms with E-state index in [0.29, 0.717) is 12.1 Å². The maximum absolute atomic E-state index is 11.8. The summed E-state index contributed by atoms with van der Waals surface area (Å²) in [6.07, 6.45) is 1.91. The summed E-state index contributed by atoms with van der Waals surface area (Å²) < 4.78 is 5.25. The molecule has 1 aliphatic rings. The number of rotatable bonds is 4. The van der Waals surface area contributed by atoms with Gasteiger partial charge in [0, 0.05) is 17.8 Å². The van der Waals surface area contributed by atoms with Gasteiger partial charge in [0.25, 0.3) is 0 Å². The lowest BCUT2D eigenvalue weighted by Gasteiger charge is -2.27. The average molecular weight is 319 g/mol. The van der Waals surface area contributed by atoms with Gasteiger partial charge in [-0.25, -0.2) is 4.79 Å². The molecule has 1 amide bonds. The predicted octanol–water partition coefficient (Wildman–Crippen LogP) is 3.44. The second kappa shape index (κ2) is 7.79. The summed E-state index contributed by atoms with van der Waals surface area (Å²) in [5.74, 6) is 0. The van der Waals surface area contributed by atoms with E-state index in [1.165, 1.54) is 18.4 Å².